The number of hydrogen-bond acceptors (Lipinski definition) is 8. The van der Waals surface area contributed by atoms with Crippen LogP contribution >= 0.6 is 0 Å². The first-order valence-corrected chi connectivity index (χ1v) is 11.6. The largest absolute Gasteiger partial charge is 0.490 e. The molecule has 0 spiro atoms. The van der Waals surface area contributed by atoms with E-state index in [4.69, 9.17) is 19.0 Å². The van der Waals surface area contributed by atoms with Gasteiger partial charge >= 0.3 is 0 Å². The molecule has 2 aromatic carbocycles. The van der Waals surface area contributed by atoms with Crippen molar-refractivity contribution < 1.29 is 14.0 Å². The molecule has 1 atom stereocenters. The zero-order chi connectivity index (χ0) is 23.2. The van der Waals surface area contributed by atoms with E-state index in [9.17, 15) is 0 Å². The van der Waals surface area contributed by atoms with Crippen molar-refractivity contribution in [3.63, 3.8) is 0 Å². The van der Waals surface area contributed by atoms with Gasteiger partial charge in [0.05, 0.1) is 13.2 Å². The van der Waals surface area contributed by atoms with Crippen LogP contribution in [0.2, 0.25) is 0 Å². The second kappa shape index (κ2) is 10.7. The average molecular weight is 452 g/mol. The Balaban J connectivity index is 1.57. The lowest BCUT2D eigenvalue weighted by atomic mass is 9.95. The molecule has 3 aromatic rings. The maximum atomic E-state index is 5.75. The van der Waals surface area contributed by atoms with Crippen LogP contribution in [0.4, 0.5) is 5.69 Å². The number of rotatable bonds is 11. The molecular weight excluding hydrogens is 418 g/mol. The van der Waals surface area contributed by atoms with Gasteiger partial charge in [-0.3, -0.25) is 0 Å². The zero-order valence-corrected chi connectivity index (χ0v) is 19.9. The molecule has 0 bridgehead atoms. The summed E-state index contributed by atoms with van der Waals surface area (Å²) >= 11 is 0. The van der Waals surface area contributed by atoms with E-state index in [0.29, 0.717) is 42.3 Å². The van der Waals surface area contributed by atoms with Crippen LogP contribution in [-0.4, -0.2) is 68.5 Å². The predicted octanol–water partition coefficient (Wildman–Crippen LogP) is 3.86. The first kappa shape index (κ1) is 23.1. The maximum absolute atomic E-state index is 5.75. The summed E-state index contributed by atoms with van der Waals surface area (Å²) in [4.78, 5) is 6.91. The SMILES string of the molecule is CCOc1ccc(-c2nc(-c3cccc4c3C(CNCCN(C)C)CN4)no2)cc1OCC. The summed E-state index contributed by atoms with van der Waals surface area (Å²) in [5.74, 6) is 2.77. The number of anilines is 1. The van der Waals surface area contributed by atoms with Gasteiger partial charge in [0.1, 0.15) is 0 Å². The van der Waals surface area contributed by atoms with Crippen molar-refractivity contribution in [3.8, 4) is 34.3 Å². The summed E-state index contributed by atoms with van der Waals surface area (Å²) < 4.78 is 17.1. The summed E-state index contributed by atoms with van der Waals surface area (Å²) in [5.41, 5.74) is 4.18. The third-order valence-electron chi connectivity index (χ3n) is 5.64. The molecule has 33 heavy (non-hydrogen) atoms. The Morgan fingerprint density at radius 1 is 1.12 bits per heavy atom. The monoisotopic (exact) mass is 451 g/mol. The molecule has 4 rings (SSSR count). The van der Waals surface area contributed by atoms with Gasteiger partial charge < -0.3 is 29.5 Å². The Morgan fingerprint density at radius 3 is 2.73 bits per heavy atom. The molecule has 1 aromatic heterocycles. The van der Waals surface area contributed by atoms with Crippen molar-refractivity contribution in [2.45, 2.75) is 19.8 Å². The Hall–Kier alpha value is -3.10. The van der Waals surface area contributed by atoms with Gasteiger partial charge in [-0.1, -0.05) is 17.3 Å². The van der Waals surface area contributed by atoms with Crippen LogP contribution in [-0.2, 0) is 0 Å². The molecule has 2 N–H and O–H groups in total. The first-order chi connectivity index (χ1) is 16.1. The van der Waals surface area contributed by atoms with Crippen molar-refractivity contribution in [1.29, 1.82) is 0 Å². The molecule has 0 radical (unpaired) electrons. The second-order valence-corrected chi connectivity index (χ2v) is 8.30. The van der Waals surface area contributed by atoms with E-state index in [-0.39, 0.29) is 0 Å². The maximum Gasteiger partial charge on any atom is 0.258 e. The van der Waals surface area contributed by atoms with E-state index < -0.39 is 0 Å². The predicted molar refractivity (Wildman–Crippen MR) is 130 cm³/mol. The van der Waals surface area contributed by atoms with Gasteiger partial charge in [0.2, 0.25) is 5.82 Å². The lowest BCUT2D eigenvalue weighted by molar-refractivity contribution is 0.288. The van der Waals surface area contributed by atoms with Gasteiger partial charge in [0.15, 0.2) is 11.5 Å². The molecule has 176 valence electrons. The minimum absolute atomic E-state index is 0.343. The van der Waals surface area contributed by atoms with E-state index >= 15 is 0 Å². The number of fused-ring (bicyclic) bond motifs is 1. The number of benzene rings is 2. The first-order valence-electron chi connectivity index (χ1n) is 11.6. The minimum atomic E-state index is 0.343. The smallest absolute Gasteiger partial charge is 0.258 e. The van der Waals surface area contributed by atoms with Crippen LogP contribution in [0.15, 0.2) is 40.9 Å². The second-order valence-electron chi connectivity index (χ2n) is 8.30. The van der Waals surface area contributed by atoms with Gasteiger partial charge in [-0.2, -0.15) is 4.98 Å². The van der Waals surface area contributed by atoms with Crippen molar-refractivity contribution >= 4 is 5.69 Å². The number of aromatic nitrogens is 2. The number of nitrogens with one attached hydrogen (secondary N) is 2. The highest BCUT2D eigenvalue weighted by molar-refractivity contribution is 5.74. The third kappa shape index (κ3) is 5.29. The highest BCUT2D eigenvalue weighted by Crippen LogP contribution is 2.39. The molecule has 0 saturated carbocycles. The highest BCUT2D eigenvalue weighted by atomic mass is 16.5. The zero-order valence-electron chi connectivity index (χ0n) is 19.9. The summed E-state index contributed by atoms with van der Waals surface area (Å²) in [7, 11) is 4.17. The van der Waals surface area contributed by atoms with Crippen LogP contribution in [0.5, 0.6) is 11.5 Å². The van der Waals surface area contributed by atoms with E-state index in [1.54, 1.807) is 0 Å². The number of ether oxygens (including phenoxy) is 2. The Labute approximate surface area is 195 Å². The lowest BCUT2D eigenvalue weighted by Crippen LogP contribution is -2.30. The van der Waals surface area contributed by atoms with Gasteiger partial charge in [0, 0.05) is 48.9 Å². The molecule has 0 aliphatic carbocycles. The van der Waals surface area contributed by atoms with Gasteiger partial charge in [-0.25, -0.2) is 0 Å². The number of likely N-dealkylation sites (N-methyl/N-ethyl adjacent to an activating group) is 1. The molecule has 0 saturated heterocycles. The fraction of sp³-hybridized carbons (Fsp3) is 0.440. The van der Waals surface area contributed by atoms with Crippen LogP contribution in [0.3, 0.4) is 0 Å². The highest BCUT2D eigenvalue weighted by Gasteiger charge is 2.27. The van der Waals surface area contributed by atoms with Crippen LogP contribution < -0.4 is 20.1 Å². The van der Waals surface area contributed by atoms with Crippen molar-refractivity contribution in [1.82, 2.24) is 20.4 Å². The summed E-state index contributed by atoms with van der Waals surface area (Å²) in [5, 5.41) is 11.4. The number of hydrogen-bond donors (Lipinski definition) is 2. The Bertz CT molecular complexity index is 1070. The van der Waals surface area contributed by atoms with E-state index in [1.165, 1.54) is 5.56 Å². The van der Waals surface area contributed by atoms with E-state index in [2.05, 4.69) is 46.9 Å². The molecule has 8 nitrogen and oxygen atoms in total. The fourth-order valence-corrected chi connectivity index (χ4v) is 4.08. The minimum Gasteiger partial charge on any atom is -0.490 e. The number of nitrogens with zero attached hydrogens (tertiary/aromatic N) is 3. The molecule has 8 heteroatoms. The molecular formula is C25H33N5O3. The Morgan fingerprint density at radius 2 is 1.94 bits per heavy atom. The van der Waals surface area contributed by atoms with Crippen LogP contribution in [0, 0.1) is 0 Å². The van der Waals surface area contributed by atoms with E-state index in [1.807, 2.05) is 38.1 Å². The van der Waals surface area contributed by atoms with Gasteiger partial charge in [0.25, 0.3) is 5.89 Å². The normalized spacial score (nSPS) is 14.9. The standard InChI is InChI=1S/C25H33N5O3/c1-5-31-21-11-10-17(14-22(21)32-6-2)25-28-24(29-33-25)19-8-7-9-20-23(19)18(16-27-20)15-26-12-13-30(3)4/h7-11,14,18,26-27H,5-6,12-13,15-16H2,1-4H3. The molecule has 1 unspecified atom stereocenters. The van der Waals surface area contributed by atoms with Crippen molar-refractivity contribution in [3.05, 3.63) is 42.0 Å². The Kier molecular flexibility index (Phi) is 7.47. The van der Waals surface area contributed by atoms with E-state index in [0.717, 1.165) is 43.0 Å². The van der Waals surface area contributed by atoms with Crippen molar-refractivity contribution in [2.75, 3.05) is 58.8 Å². The molecule has 0 amide bonds. The summed E-state index contributed by atoms with van der Waals surface area (Å²) in [6.07, 6.45) is 0. The third-order valence-corrected chi connectivity index (χ3v) is 5.64. The lowest BCUT2D eigenvalue weighted by Gasteiger charge is -2.15. The topological polar surface area (TPSA) is 84.7 Å². The van der Waals surface area contributed by atoms with Crippen molar-refractivity contribution in [2.24, 2.45) is 0 Å². The molecule has 2 heterocycles. The fourth-order valence-electron chi connectivity index (χ4n) is 4.08. The quantitative estimate of drug-likeness (QED) is 0.425. The van der Waals surface area contributed by atoms with Crippen LogP contribution in [0.1, 0.15) is 25.3 Å². The van der Waals surface area contributed by atoms with Gasteiger partial charge in [-0.15, -0.1) is 0 Å². The molecule has 1 aliphatic rings. The molecule has 1 aliphatic heterocycles. The summed E-state index contributed by atoms with van der Waals surface area (Å²) in [6, 6.07) is 11.9. The van der Waals surface area contributed by atoms with Gasteiger partial charge in [-0.05, 0) is 57.8 Å². The average Bonchev–Trinajstić information content (AvgIpc) is 3.46. The van der Waals surface area contributed by atoms with Crippen LogP contribution in [0.25, 0.3) is 22.8 Å². The summed E-state index contributed by atoms with van der Waals surface area (Å²) in [6.45, 7) is 8.76. The molecule has 0 fully saturated rings.